The molecular weight excluding hydrogens is 202 g/mol. The molecule has 1 rings (SSSR count). The van der Waals surface area contributed by atoms with E-state index in [-0.39, 0.29) is 5.54 Å². The lowest BCUT2D eigenvalue weighted by atomic mass is 9.98. The minimum absolute atomic E-state index is 0.386. The summed E-state index contributed by atoms with van der Waals surface area (Å²) in [6, 6.07) is 5.70. The SMILES string of the molecule is CC(O)C(C)(C)NCc1cccnc1C#N. The highest BCUT2D eigenvalue weighted by atomic mass is 16.3. The average molecular weight is 219 g/mol. The highest BCUT2D eigenvalue weighted by molar-refractivity contribution is 5.30. The molecule has 0 spiro atoms. The number of aliphatic hydroxyl groups excluding tert-OH is 1. The molecule has 4 heteroatoms. The zero-order valence-corrected chi connectivity index (χ0v) is 9.86. The summed E-state index contributed by atoms with van der Waals surface area (Å²) < 4.78 is 0. The van der Waals surface area contributed by atoms with Gasteiger partial charge in [0.15, 0.2) is 0 Å². The van der Waals surface area contributed by atoms with Gasteiger partial charge in [0.2, 0.25) is 0 Å². The molecule has 1 heterocycles. The van der Waals surface area contributed by atoms with Gasteiger partial charge in [-0.1, -0.05) is 6.07 Å². The Morgan fingerprint density at radius 1 is 1.62 bits per heavy atom. The van der Waals surface area contributed by atoms with Crippen molar-refractivity contribution in [2.75, 3.05) is 0 Å². The minimum atomic E-state index is -0.463. The quantitative estimate of drug-likeness (QED) is 0.798. The van der Waals surface area contributed by atoms with E-state index in [1.54, 1.807) is 19.2 Å². The number of nitrogens with zero attached hydrogens (tertiary/aromatic N) is 2. The van der Waals surface area contributed by atoms with Gasteiger partial charge in [-0.2, -0.15) is 5.26 Å². The Bertz CT molecular complexity index is 393. The molecule has 0 aliphatic carbocycles. The van der Waals surface area contributed by atoms with E-state index < -0.39 is 6.10 Å². The van der Waals surface area contributed by atoms with Crippen LogP contribution in [0.3, 0.4) is 0 Å². The summed E-state index contributed by atoms with van der Waals surface area (Å²) in [5.41, 5.74) is 0.887. The van der Waals surface area contributed by atoms with Crippen molar-refractivity contribution in [1.82, 2.24) is 10.3 Å². The standard InChI is InChI=1S/C12H17N3O/c1-9(16)12(2,3)15-8-10-5-4-6-14-11(10)7-13/h4-6,9,15-16H,8H2,1-3H3. The van der Waals surface area contributed by atoms with Crippen LogP contribution in [0, 0.1) is 11.3 Å². The number of hydrogen-bond donors (Lipinski definition) is 2. The third kappa shape index (κ3) is 3.02. The molecule has 86 valence electrons. The normalized spacial score (nSPS) is 13.2. The lowest BCUT2D eigenvalue weighted by Crippen LogP contribution is -2.47. The second-order valence-corrected chi connectivity index (χ2v) is 4.37. The van der Waals surface area contributed by atoms with Gasteiger partial charge in [-0.3, -0.25) is 0 Å². The summed E-state index contributed by atoms with van der Waals surface area (Å²) >= 11 is 0. The Balaban J connectivity index is 2.72. The molecule has 0 fully saturated rings. The van der Waals surface area contributed by atoms with Crippen molar-refractivity contribution in [1.29, 1.82) is 5.26 Å². The van der Waals surface area contributed by atoms with Crippen LogP contribution in [-0.2, 0) is 6.54 Å². The lowest BCUT2D eigenvalue weighted by Gasteiger charge is -2.29. The van der Waals surface area contributed by atoms with Gasteiger partial charge in [-0.05, 0) is 26.8 Å². The first-order valence-corrected chi connectivity index (χ1v) is 5.24. The predicted molar refractivity (Wildman–Crippen MR) is 61.6 cm³/mol. The van der Waals surface area contributed by atoms with Gasteiger partial charge in [0, 0.05) is 23.8 Å². The monoisotopic (exact) mass is 219 g/mol. The first kappa shape index (κ1) is 12.6. The van der Waals surface area contributed by atoms with E-state index in [0.717, 1.165) is 5.56 Å². The summed E-state index contributed by atoms with van der Waals surface area (Å²) in [5, 5.41) is 21.6. The Labute approximate surface area is 95.9 Å². The average Bonchev–Trinajstić information content (AvgIpc) is 2.26. The number of nitriles is 1. The molecule has 0 saturated carbocycles. The molecule has 0 amide bonds. The summed E-state index contributed by atoms with van der Waals surface area (Å²) in [7, 11) is 0. The molecule has 16 heavy (non-hydrogen) atoms. The number of aliphatic hydroxyl groups is 1. The topological polar surface area (TPSA) is 68.9 Å². The summed E-state index contributed by atoms with van der Waals surface area (Å²) in [4.78, 5) is 3.98. The highest BCUT2D eigenvalue weighted by Crippen LogP contribution is 2.11. The maximum Gasteiger partial charge on any atom is 0.144 e. The smallest absolute Gasteiger partial charge is 0.144 e. The molecule has 0 bridgehead atoms. The van der Waals surface area contributed by atoms with Gasteiger partial charge in [0.05, 0.1) is 6.10 Å². The molecule has 0 aliphatic rings. The molecule has 0 saturated heterocycles. The maximum absolute atomic E-state index is 9.54. The number of nitrogens with one attached hydrogen (secondary N) is 1. The van der Waals surface area contributed by atoms with Crippen LogP contribution < -0.4 is 5.32 Å². The van der Waals surface area contributed by atoms with Crippen LogP contribution in [0.4, 0.5) is 0 Å². The van der Waals surface area contributed by atoms with Crippen LogP contribution in [0.15, 0.2) is 18.3 Å². The van der Waals surface area contributed by atoms with Crippen molar-refractivity contribution in [3.8, 4) is 6.07 Å². The van der Waals surface area contributed by atoms with E-state index in [9.17, 15) is 5.11 Å². The van der Waals surface area contributed by atoms with Gasteiger partial charge >= 0.3 is 0 Å². The van der Waals surface area contributed by atoms with Crippen LogP contribution in [0.5, 0.6) is 0 Å². The van der Waals surface area contributed by atoms with Crippen molar-refractivity contribution in [2.24, 2.45) is 0 Å². The van der Waals surface area contributed by atoms with Gasteiger partial charge < -0.3 is 10.4 Å². The molecule has 2 N–H and O–H groups in total. The van der Waals surface area contributed by atoms with Crippen molar-refractivity contribution < 1.29 is 5.11 Å². The summed E-state index contributed by atoms with van der Waals surface area (Å²) in [6.07, 6.45) is 1.14. The molecule has 1 aromatic rings. The first-order chi connectivity index (χ1) is 7.47. The van der Waals surface area contributed by atoms with E-state index in [4.69, 9.17) is 5.26 Å². The van der Waals surface area contributed by atoms with Crippen molar-refractivity contribution in [2.45, 2.75) is 39.0 Å². The zero-order chi connectivity index (χ0) is 12.2. The van der Waals surface area contributed by atoms with Gasteiger partial charge in [-0.25, -0.2) is 4.98 Å². The fraction of sp³-hybridized carbons (Fsp3) is 0.500. The molecule has 0 radical (unpaired) electrons. The zero-order valence-electron chi connectivity index (χ0n) is 9.86. The Kier molecular flexibility index (Phi) is 3.99. The number of pyridine rings is 1. The van der Waals surface area contributed by atoms with Gasteiger partial charge in [0.1, 0.15) is 11.8 Å². The Hall–Kier alpha value is -1.44. The van der Waals surface area contributed by atoms with E-state index >= 15 is 0 Å². The van der Waals surface area contributed by atoms with E-state index in [1.165, 1.54) is 0 Å². The van der Waals surface area contributed by atoms with E-state index in [1.807, 2.05) is 26.0 Å². The third-order valence-corrected chi connectivity index (χ3v) is 2.78. The molecular formula is C12H17N3O. The van der Waals surface area contributed by atoms with Gasteiger partial charge in [0.25, 0.3) is 0 Å². The van der Waals surface area contributed by atoms with Gasteiger partial charge in [-0.15, -0.1) is 0 Å². The summed E-state index contributed by atoms with van der Waals surface area (Å²) in [5.74, 6) is 0. The third-order valence-electron chi connectivity index (χ3n) is 2.78. The Morgan fingerprint density at radius 2 is 2.31 bits per heavy atom. The van der Waals surface area contributed by atoms with E-state index in [2.05, 4.69) is 10.3 Å². The van der Waals surface area contributed by atoms with Crippen molar-refractivity contribution in [3.63, 3.8) is 0 Å². The van der Waals surface area contributed by atoms with Crippen LogP contribution in [0.2, 0.25) is 0 Å². The fourth-order valence-corrected chi connectivity index (χ4v) is 1.15. The van der Waals surface area contributed by atoms with Crippen LogP contribution >= 0.6 is 0 Å². The number of rotatable bonds is 4. The molecule has 4 nitrogen and oxygen atoms in total. The van der Waals surface area contributed by atoms with Crippen LogP contribution in [0.25, 0.3) is 0 Å². The van der Waals surface area contributed by atoms with E-state index in [0.29, 0.717) is 12.2 Å². The van der Waals surface area contributed by atoms with Crippen molar-refractivity contribution in [3.05, 3.63) is 29.6 Å². The first-order valence-electron chi connectivity index (χ1n) is 5.24. The molecule has 1 aromatic heterocycles. The number of hydrogen-bond acceptors (Lipinski definition) is 4. The maximum atomic E-state index is 9.54. The highest BCUT2D eigenvalue weighted by Gasteiger charge is 2.23. The molecule has 1 atom stereocenters. The molecule has 1 unspecified atom stereocenters. The minimum Gasteiger partial charge on any atom is -0.392 e. The molecule has 0 aromatic carbocycles. The summed E-state index contributed by atoms with van der Waals surface area (Å²) in [6.45, 7) is 6.09. The predicted octanol–water partition coefficient (Wildman–Crippen LogP) is 1.20. The largest absolute Gasteiger partial charge is 0.392 e. The van der Waals surface area contributed by atoms with Crippen molar-refractivity contribution >= 4 is 0 Å². The fourth-order valence-electron chi connectivity index (χ4n) is 1.15. The molecule has 0 aliphatic heterocycles. The lowest BCUT2D eigenvalue weighted by molar-refractivity contribution is 0.0956. The second-order valence-electron chi connectivity index (χ2n) is 4.37. The van der Waals surface area contributed by atoms with Crippen LogP contribution in [-0.4, -0.2) is 21.7 Å². The second kappa shape index (κ2) is 5.06. The number of aromatic nitrogens is 1. The van der Waals surface area contributed by atoms with Crippen LogP contribution in [0.1, 0.15) is 32.0 Å². The Morgan fingerprint density at radius 3 is 2.88 bits per heavy atom.